The minimum absolute atomic E-state index is 0.162. The van der Waals surface area contributed by atoms with Crippen LogP contribution in [0.15, 0.2) is 51.8 Å². The summed E-state index contributed by atoms with van der Waals surface area (Å²) in [6.07, 6.45) is 1.78. The Morgan fingerprint density at radius 2 is 1.93 bits per heavy atom. The number of amides is 1. The fourth-order valence-electron chi connectivity index (χ4n) is 2.66. The normalized spacial score (nSPS) is 14.9. The van der Waals surface area contributed by atoms with Gasteiger partial charge in [-0.05, 0) is 64.0 Å². The molecule has 6 nitrogen and oxygen atoms in total. The van der Waals surface area contributed by atoms with Gasteiger partial charge in [-0.2, -0.15) is 0 Å². The number of hydrogen-bond donors (Lipinski definition) is 0. The molecule has 1 aliphatic rings. The van der Waals surface area contributed by atoms with E-state index >= 15 is 0 Å². The third-order valence-corrected chi connectivity index (χ3v) is 6.17. The zero-order valence-corrected chi connectivity index (χ0v) is 19.8. The molecule has 3 rings (SSSR count). The Bertz CT molecular complexity index is 1020. The van der Waals surface area contributed by atoms with E-state index < -0.39 is 5.97 Å². The van der Waals surface area contributed by atoms with Gasteiger partial charge in [-0.1, -0.05) is 30.0 Å². The predicted octanol–water partition coefficient (Wildman–Crippen LogP) is 4.47. The van der Waals surface area contributed by atoms with Crippen molar-refractivity contribution in [3.05, 3.63) is 57.4 Å². The Balaban J connectivity index is 1.78. The molecule has 2 aromatic rings. The van der Waals surface area contributed by atoms with Crippen molar-refractivity contribution >= 4 is 73.6 Å². The molecule has 0 unspecified atom stereocenters. The van der Waals surface area contributed by atoms with E-state index in [-0.39, 0.29) is 12.5 Å². The number of thioether (sulfide) groups is 1. The van der Waals surface area contributed by atoms with Crippen LogP contribution in [0.2, 0.25) is 0 Å². The lowest BCUT2D eigenvalue weighted by Gasteiger charge is -2.17. The molecule has 0 radical (unpaired) electrons. The van der Waals surface area contributed by atoms with Gasteiger partial charge in [0, 0.05) is 19.8 Å². The quantitative estimate of drug-likeness (QED) is 0.325. The molecular formula is C21H19BrN2O4S2. The zero-order valence-electron chi connectivity index (χ0n) is 16.5. The summed E-state index contributed by atoms with van der Waals surface area (Å²) >= 11 is 10.1. The summed E-state index contributed by atoms with van der Waals surface area (Å²) in [4.78, 5) is 28.2. The minimum atomic E-state index is -0.465. The Labute approximate surface area is 192 Å². The maximum absolute atomic E-state index is 13.0. The third kappa shape index (κ3) is 5.03. The fourth-order valence-corrected chi connectivity index (χ4v) is 4.47. The summed E-state index contributed by atoms with van der Waals surface area (Å²) in [5.74, 6) is -0.121. The smallest absolute Gasteiger partial charge is 0.343 e. The van der Waals surface area contributed by atoms with Crippen LogP contribution in [-0.2, 0) is 14.3 Å². The van der Waals surface area contributed by atoms with Crippen molar-refractivity contribution in [3.8, 4) is 5.75 Å². The van der Waals surface area contributed by atoms with Crippen molar-refractivity contribution in [1.82, 2.24) is 0 Å². The molecule has 1 amide bonds. The highest BCUT2D eigenvalue weighted by Gasteiger charge is 2.33. The number of carbonyl (C=O) groups is 2. The second kappa shape index (κ2) is 9.63. The lowest BCUT2D eigenvalue weighted by Crippen LogP contribution is -2.27. The molecule has 156 valence electrons. The van der Waals surface area contributed by atoms with Gasteiger partial charge in [0.2, 0.25) is 0 Å². The highest BCUT2D eigenvalue weighted by Crippen LogP contribution is 2.37. The summed E-state index contributed by atoms with van der Waals surface area (Å²) in [6.45, 7) is -0.181. The molecule has 1 heterocycles. The van der Waals surface area contributed by atoms with Gasteiger partial charge in [0.15, 0.2) is 10.9 Å². The average Bonchev–Trinajstić information content (AvgIpc) is 3.00. The maximum Gasteiger partial charge on any atom is 0.343 e. The van der Waals surface area contributed by atoms with Crippen LogP contribution in [0.3, 0.4) is 0 Å². The zero-order chi connectivity index (χ0) is 21.8. The topological polar surface area (TPSA) is 59.1 Å². The van der Waals surface area contributed by atoms with Crippen LogP contribution in [0.5, 0.6) is 5.75 Å². The lowest BCUT2D eigenvalue weighted by atomic mass is 10.2. The Hall–Kier alpha value is -2.36. The molecule has 1 fully saturated rings. The maximum atomic E-state index is 13.0. The van der Waals surface area contributed by atoms with Crippen molar-refractivity contribution in [2.45, 2.75) is 0 Å². The number of thiocarbonyl (C=S) groups is 1. The molecule has 30 heavy (non-hydrogen) atoms. The fraction of sp³-hybridized carbons (Fsp3) is 0.190. The van der Waals surface area contributed by atoms with Crippen molar-refractivity contribution in [2.75, 3.05) is 37.6 Å². The average molecular weight is 507 g/mol. The van der Waals surface area contributed by atoms with Crippen molar-refractivity contribution < 1.29 is 19.1 Å². The summed E-state index contributed by atoms with van der Waals surface area (Å²) in [5.41, 5.74) is 2.58. The van der Waals surface area contributed by atoms with Gasteiger partial charge >= 0.3 is 5.97 Å². The molecule has 0 saturated carbocycles. The predicted molar refractivity (Wildman–Crippen MR) is 128 cm³/mol. The molecule has 0 atom stereocenters. The van der Waals surface area contributed by atoms with E-state index in [1.165, 1.54) is 23.8 Å². The van der Waals surface area contributed by atoms with Gasteiger partial charge in [0.1, 0.15) is 5.75 Å². The second-order valence-corrected chi connectivity index (χ2v) is 9.01. The van der Waals surface area contributed by atoms with Crippen molar-refractivity contribution in [1.29, 1.82) is 0 Å². The van der Waals surface area contributed by atoms with E-state index in [0.29, 0.717) is 19.4 Å². The molecule has 0 N–H and O–H groups in total. The number of carbonyl (C=O) groups excluding carboxylic acids is 2. The lowest BCUT2D eigenvalue weighted by molar-refractivity contribution is -0.142. The summed E-state index contributed by atoms with van der Waals surface area (Å²) in [5, 5.41) is 0. The molecule has 0 aromatic heterocycles. The first-order valence-corrected chi connectivity index (χ1v) is 10.9. The van der Waals surface area contributed by atoms with Crippen molar-refractivity contribution in [3.63, 3.8) is 0 Å². The molecule has 0 bridgehead atoms. The monoisotopic (exact) mass is 506 g/mol. The number of hydrogen-bond acceptors (Lipinski definition) is 7. The number of rotatable bonds is 6. The van der Waals surface area contributed by atoms with Crippen LogP contribution < -0.4 is 14.5 Å². The van der Waals surface area contributed by atoms with E-state index in [1.54, 1.807) is 18.2 Å². The van der Waals surface area contributed by atoms with Gasteiger partial charge in [-0.25, -0.2) is 4.79 Å². The molecule has 0 aliphatic carbocycles. The number of methoxy groups -OCH3 is 1. The minimum Gasteiger partial charge on any atom is -0.481 e. The van der Waals surface area contributed by atoms with Crippen LogP contribution in [0.25, 0.3) is 6.08 Å². The van der Waals surface area contributed by atoms with Crippen LogP contribution >= 0.6 is 39.9 Å². The molecule has 1 aliphatic heterocycles. The number of ether oxygens (including phenoxy) is 2. The number of benzene rings is 2. The van der Waals surface area contributed by atoms with Crippen LogP contribution in [-0.4, -0.2) is 44.0 Å². The first-order chi connectivity index (χ1) is 14.3. The van der Waals surface area contributed by atoms with Crippen LogP contribution in [0, 0.1) is 0 Å². The van der Waals surface area contributed by atoms with Crippen LogP contribution in [0.4, 0.5) is 11.4 Å². The van der Waals surface area contributed by atoms with Crippen LogP contribution in [0.1, 0.15) is 5.56 Å². The molecular weight excluding hydrogens is 488 g/mol. The van der Waals surface area contributed by atoms with Gasteiger partial charge in [0.25, 0.3) is 5.91 Å². The summed E-state index contributed by atoms with van der Waals surface area (Å²) in [7, 11) is 5.22. The van der Waals surface area contributed by atoms with Gasteiger partial charge in [-0.3, -0.25) is 9.69 Å². The highest BCUT2D eigenvalue weighted by atomic mass is 79.9. The Kier molecular flexibility index (Phi) is 7.17. The first-order valence-electron chi connectivity index (χ1n) is 8.84. The standard InChI is InChI=1S/C21H19BrN2O4S2/c1-23(2)14-5-7-15(8-6-14)24-20(26)18(30-21(24)29)11-13-4-9-17(16(22)10-13)28-12-19(25)27-3/h4-11H,12H2,1-3H3/b18-11+. The summed E-state index contributed by atoms with van der Waals surface area (Å²) in [6, 6.07) is 13.0. The Morgan fingerprint density at radius 3 is 2.53 bits per heavy atom. The van der Waals surface area contributed by atoms with E-state index in [2.05, 4.69) is 20.7 Å². The number of esters is 1. The number of nitrogens with zero attached hydrogens (tertiary/aromatic N) is 2. The SMILES string of the molecule is COC(=O)COc1ccc(/C=C2/SC(=S)N(c3ccc(N(C)C)cc3)C2=O)cc1Br. The highest BCUT2D eigenvalue weighted by molar-refractivity contribution is 9.10. The molecule has 2 aromatic carbocycles. The number of halogens is 1. The van der Waals surface area contributed by atoms with E-state index in [0.717, 1.165) is 16.9 Å². The third-order valence-electron chi connectivity index (χ3n) is 4.24. The first kappa shape index (κ1) is 22.3. The molecule has 0 spiro atoms. The molecule has 9 heteroatoms. The Morgan fingerprint density at radius 1 is 1.23 bits per heavy atom. The summed E-state index contributed by atoms with van der Waals surface area (Å²) < 4.78 is 11.1. The van der Waals surface area contributed by atoms with E-state index in [4.69, 9.17) is 17.0 Å². The number of anilines is 2. The second-order valence-electron chi connectivity index (χ2n) is 6.48. The van der Waals surface area contributed by atoms with Gasteiger partial charge in [0.05, 0.1) is 22.2 Å². The molecule has 1 saturated heterocycles. The van der Waals surface area contributed by atoms with Gasteiger partial charge in [-0.15, -0.1) is 0 Å². The van der Waals surface area contributed by atoms with E-state index in [1.807, 2.05) is 49.3 Å². The largest absolute Gasteiger partial charge is 0.481 e. The van der Waals surface area contributed by atoms with E-state index in [9.17, 15) is 9.59 Å². The van der Waals surface area contributed by atoms with Gasteiger partial charge < -0.3 is 14.4 Å². The van der Waals surface area contributed by atoms with Crippen molar-refractivity contribution in [2.24, 2.45) is 0 Å².